The highest BCUT2D eigenvalue weighted by Gasteiger charge is 2.16. The summed E-state index contributed by atoms with van der Waals surface area (Å²) in [6.45, 7) is 1.83. The Kier molecular flexibility index (Phi) is 4.35. The largest absolute Gasteiger partial charge is 0.493 e. The maximum atomic E-state index is 5.50. The van der Waals surface area contributed by atoms with Crippen LogP contribution in [0.5, 0.6) is 5.75 Å². The summed E-state index contributed by atoms with van der Waals surface area (Å²) in [5.74, 6) is 2.15. The topological polar surface area (TPSA) is 21.3 Å². The van der Waals surface area contributed by atoms with E-state index < -0.39 is 0 Å². The fraction of sp³-hybridized carbons (Fsp3) is 0.455. The van der Waals surface area contributed by atoms with E-state index in [1.807, 2.05) is 23.9 Å². The Morgan fingerprint density at radius 3 is 2.80 bits per heavy atom. The molecular formula is C11H14BrNOS. The first-order chi connectivity index (χ1) is 7.40. The van der Waals surface area contributed by atoms with Gasteiger partial charge in [0.05, 0.1) is 12.0 Å². The summed E-state index contributed by atoms with van der Waals surface area (Å²) >= 11 is 5.30. The average Bonchev–Trinajstić information content (AvgIpc) is 2.80. The number of hydrogen-bond acceptors (Lipinski definition) is 3. The van der Waals surface area contributed by atoms with Crippen LogP contribution < -0.4 is 10.1 Å². The van der Waals surface area contributed by atoms with Gasteiger partial charge < -0.3 is 10.1 Å². The third-order valence-corrected chi connectivity index (χ3v) is 3.78. The van der Waals surface area contributed by atoms with Crippen LogP contribution in [0.25, 0.3) is 0 Å². The zero-order chi connectivity index (χ0) is 10.5. The highest BCUT2D eigenvalue weighted by Crippen LogP contribution is 2.30. The standard InChI is InChI=1S/C11H14BrNOS/c12-5-7-14-10-3-1-9(2-4-10)11-13-6-8-15-11/h1-4,11,13H,5-8H2/t11-/m1/s1. The van der Waals surface area contributed by atoms with Gasteiger partial charge in [-0.15, -0.1) is 11.8 Å². The maximum Gasteiger partial charge on any atom is 0.119 e. The molecule has 0 aromatic heterocycles. The molecule has 1 N–H and O–H groups in total. The second kappa shape index (κ2) is 5.77. The Morgan fingerprint density at radius 1 is 1.40 bits per heavy atom. The fourth-order valence-corrected chi connectivity index (χ4v) is 2.75. The zero-order valence-electron chi connectivity index (χ0n) is 8.41. The summed E-state index contributed by atoms with van der Waals surface area (Å²) in [5.41, 5.74) is 1.34. The van der Waals surface area contributed by atoms with Crippen molar-refractivity contribution in [2.75, 3.05) is 24.2 Å². The lowest BCUT2D eigenvalue weighted by molar-refractivity contribution is 0.345. The van der Waals surface area contributed by atoms with E-state index in [9.17, 15) is 0 Å². The van der Waals surface area contributed by atoms with Crippen molar-refractivity contribution < 1.29 is 4.74 Å². The summed E-state index contributed by atoms with van der Waals surface area (Å²) in [6.07, 6.45) is 0. The van der Waals surface area contributed by atoms with Gasteiger partial charge in [-0.3, -0.25) is 0 Å². The molecule has 1 aliphatic rings. The van der Waals surface area contributed by atoms with Crippen molar-refractivity contribution in [2.24, 2.45) is 0 Å². The number of hydrogen-bond donors (Lipinski definition) is 1. The lowest BCUT2D eigenvalue weighted by Crippen LogP contribution is -2.11. The maximum absolute atomic E-state index is 5.50. The predicted octanol–water partition coefficient (Wildman–Crippen LogP) is 2.80. The van der Waals surface area contributed by atoms with Gasteiger partial charge in [0.15, 0.2) is 0 Å². The first-order valence-corrected chi connectivity index (χ1v) is 7.21. The summed E-state index contributed by atoms with van der Waals surface area (Å²) in [4.78, 5) is 0. The smallest absolute Gasteiger partial charge is 0.119 e. The minimum atomic E-state index is 0.468. The molecule has 1 aromatic carbocycles. The number of alkyl halides is 1. The van der Waals surface area contributed by atoms with E-state index in [0.29, 0.717) is 5.37 Å². The van der Waals surface area contributed by atoms with Crippen molar-refractivity contribution in [1.29, 1.82) is 0 Å². The van der Waals surface area contributed by atoms with E-state index in [4.69, 9.17) is 4.74 Å². The van der Waals surface area contributed by atoms with Crippen LogP contribution >= 0.6 is 27.7 Å². The quantitative estimate of drug-likeness (QED) is 0.861. The molecule has 15 heavy (non-hydrogen) atoms. The van der Waals surface area contributed by atoms with Crippen LogP contribution in [0.3, 0.4) is 0 Å². The van der Waals surface area contributed by atoms with Gasteiger partial charge in [-0.25, -0.2) is 0 Å². The molecule has 1 heterocycles. The minimum Gasteiger partial charge on any atom is -0.493 e. The van der Waals surface area contributed by atoms with Gasteiger partial charge in [0, 0.05) is 17.6 Å². The lowest BCUT2D eigenvalue weighted by atomic mass is 10.2. The lowest BCUT2D eigenvalue weighted by Gasteiger charge is -2.10. The number of nitrogens with one attached hydrogen (secondary N) is 1. The molecule has 0 aliphatic carbocycles. The number of thioether (sulfide) groups is 1. The summed E-state index contributed by atoms with van der Waals surface area (Å²) < 4.78 is 5.50. The highest BCUT2D eigenvalue weighted by molar-refractivity contribution is 9.09. The van der Waals surface area contributed by atoms with Crippen LogP contribution in [0.15, 0.2) is 24.3 Å². The number of rotatable bonds is 4. The Labute approximate surface area is 103 Å². The molecular weight excluding hydrogens is 274 g/mol. The van der Waals surface area contributed by atoms with Crippen molar-refractivity contribution in [2.45, 2.75) is 5.37 Å². The van der Waals surface area contributed by atoms with Gasteiger partial charge in [-0.2, -0.15) is 0 Å². The highest BCUT2D eigenvalue weighted by atomic mass is 79.9. The average molecular weight is 288 g/mol. The SMILES string of the molecule is BrCCOc1ccc([C@@H]2NCCS2)cc1. The van der Waals surface area contributed by atoms with Crippen molar-refractivity contribution >= 4 is 27.7 Å². The second-order valence-corrected chi connectivity index (χ2v) is 5.32. The van der Waals surface area contributed by atoms with Crippen LogP contribution in [0.4, 0.5) is 0 Å². The molecule has 1 aromatic rings. The third kappa shape index (κ3) is 3.13. The summed E-state index contributed by atoms with van der Waals surface area (Å²) in [7, 11) is 0. The van der Waals surface area contributed by atoms with E-state index in [1.54, 1.807) is 0 Å². The van der Waals surface area contributed by atoms with Crippen LogP contribution in [0.1, 0.15) is 10.9 Å². The number of benzene rings is 1. The van der Waals surface area contributed by atoms with Crippen LogP contribution in [0.2, 0.25) is 0 Å². The molecule has 4 heteroatoms. The Bertz CT molecular complexity index is 298. The minimum absolute atomic E-state index is 0.468. The number of ether oxygens (including phenoxy) is 1. The molecule has 0 radical (unpaired) electrons. The van der Waals surface area contributed by atoms with Gasteiger partial charge in [-0.05, 0) is 17.7 Å². The Morgan fingerprint density at radius 2 is 2.20 bits per heavy atom. The van der Waals surface area contributed by atoms with Gasteiger partial charge in [0.1, 0.15) is 5.75 Å². The summed E-state index contributed by atoms with van der Waals surface area (Å²) in [5, 5.41) is 4.79. The predicted molar refractivity (Wildman–Crippen MR) is 68.9 cm³/mol. The molecule has 0 saturated carbocycles. The first-order valence-electron chi connectivity index (χ1n) is 5.04. The monoisotopic (exact) mass is 287 g/mol. The Hall–Kier alpha value is -0.190. The Balaban J connectivity index is 1.96. The van der Waals surface area contributed by atoms with E-state index in [0.717, 1.165) is 24.2 Å². The zero-order valence-corrected chi connectivity index (χ0v) is 10.8. The van der Waals surface area contributed by atoms with Crippen molar-refractivity contribution in [3.63, 3.8) is 0 Å². The molecule has 1 aliphatic heterocycles. The normalized spacial score (nSPS) is 20.5. The molecule has 1 fully saturated rings. The van der Waals surface area contributed by atoms with Crippen molar-refractivity contribution in [1.82, 2.24) is 5.32 Å². The van der Waals surface area contributed by atoms with E-state index in [2.05, 4.69) is 33.4 Å². The summed E-state index contributed by atoms with van der Waals surface area (Å²) in [6, 6.07) is 8.36. The molecule has 2 rings (SSSR count). The van der Waals surface area contributed by atoms with Crippen molar-refractivity contribution in [3.8, 4) is 5.75 Å². The van der Waals surface area contributed by atoms with Crippen LogP contribution in [0, 0.1) is 0 Å². The number of halogens is 1. The second-order valence-electron chi connectivity index (χ2n) is 3.31. The van der Waals surface area contributed by atoms with Gasteiger partial charge in [0.25, 0.3) is 0 Å². The van der Waals surface area contributed by atoms with Gasteiger partial charge >= 0.3 is 0 Å². The molecule has 0 unspecified atom stereocenters. The molecule has 0 amide bonds. The molecule has 1 saturated heterocycles. The fourth-order valence-electron chi connectivity index (χ4n) is 1.54. The van der Waals surface area contributed by atoms with Crippen LogP contribution in [-0.4, -0.2) is 24.2 Å². The van der Waals surface area contributed by atoms with Crippen LogP contribution in [-0.2, 0) is 0 Å². The first kappa shape index (κ1) is 11.3. The molecule has 82 valence electrons. The van der Waals surface area contributed by atoms with E-state index in [-0.39, 0.29) is 0 Å². The van der Waals surface area contributed by atoms with Crippen molar-refractivity contribution in [3.05, 3.63) is 29.8 Å². The van der Waals surface area contributed by atoms with E-state index >= 15 is 0 Å². The molecule has 1 atom stereocenters. The van der Waals surface area contributed by atoms with E-state index in [1.165, 1.54) is 11.3 Å². The molecule has 0 spiro atoms. The third-order valence-electron chi connectivity index (χ3n) is 2.25. The molecule has 2 nitrogen and oxygen atoms in total. The van der Waals surface area contributed by atoms with Gasteiger partial charge in [-0.1, -0.05) is 28.1 Å². The van der Waals surface area contributed by atoms with Gasteiger partial charge in [0.2, 0.25) is 0 Å². The molecule has 0 bridgehead atoms.